The summed E-state index contributed by atoms with van der Waals surface area (Å²) < 4.78 is 0. The van der Waals surface area contributed by atoms with E-state index in [2.05, 4.69) is 15.5 Å². The summed E-state index contributed by atoms with van der Waals surface area (Å²) in [6, 6.07) is 8.07. The molecule has 4 nitrogen and oxygen atoms in total. The summed E-state index contributed by atoms with van der Waals surface area (Å²) in [5.41, 5.74) is -0.127. The van der Waals surface area contributed by atoms with Crippen LogP contribution in [0.5, 0.6) is 0 Å². The fourth-order valence-corrected chi connectivity index (χ4v) is 2.49. The van der Waals surface area contributed by atoms with Crippen LogP contribution in [0.15, 0.2) is 29.1 Å². The largest absolute Gasteiger partial charge is 0.365 e. The van der Waals surface area contributed by atoms with Crippen molar-refractivity contribution in [3.8, 4) is 0 Å². The number of nitrogens with zero attached hydrogens (tertiary/aromatic N) is 1. The minimum absolute atomic E-state index is 0.127. The second kappa shape index (κ2) is 4.20. The quantitative estimate of drug-likeness (QED) is 0.830. The van der Waals surface area contributed by atoms with Gasteiger partial charge in [0.25, 0.3) is 5.56 Å². The third-order valence-corrected chi connectivity index (χ3v) is 3.39. The number of hydrogen-bond acceptors (Lipinski definition) is 3. The lowest BCUT2D eigenvalue weighted by Crippen LogP contribution is -2.18. The Morgan fingerprint density at radius 1 is 1.18 bits per heavy atom. The van der Waals surface area contributed by atoms with Crippen LogP contribution in [0.3, 0.4) is 0 Å². The maximum Gasteiger partial charge on any atom is 0.272 e. The number of H-pyrrole nitrogens is 1. The molecule has 1 fully saturated rings. The molecule has 0 amide bonds. The van der Waals surface area contributed by atoms with E-state index < -0.39 is 0 Å². The van der Waals surface area contributed by atoms with E-state index in [1.54, 1.807) is 0 Å². The lowest BCUT2D eigenvalue weighted by molar-refractivity contribution is 0.747. The smallest absolute Gasteiger partial charge is 0.272 e. The Bertz CT molecular complexity index is 584. The van der Waals surface area contributed by atoms with Crippen molar-refractivity contribution < 1.29 is 0 Å². The highest BCUT2D eigenvalue weighted by Gasteiger charge is 2.16. The Morgan fingerprint density at radius 3 is 2.65 bits per heavy atom. The van der Waals surface area contributed by atoms with Crippen LogP contribution in [-0.2, 0) is 0 Å². The number of anilines is 1. The zero-order chi connectivity index (χ0) is 11.7. The maximum absolute atomic E-state index is 11.6. The summed E-state index contributed by atoms with van der Waals surface area (Å²) in [5.74, 6) is 0.798. The van der Waals surface area contributed by atoms with Crippen molar-refractivity contribution in [3.63, 3.8) is 0 Å². The summed E-state index contributed by atoms with van der Waals surface area (Å²) in [7, 11) is 0. The van der Waals surface area contributed by atoms with Gasteiger partial charge in [0.1, 0.15) is 0 Å². The van der Waals surface area contributed by atoms with Crippen LogP contribution < -0.4 is 10.9 Å². The molecule has 2 aromatic rings. The summed E-state index contributed by atoms with van der Waals surface area (Å²) in [5, 5.41) is 11.7. The molecule has 3 rings (SSSR count). The lowest BCUT2D eigenvalue weighted by atomic mass is 10.1. The highest BCUT2D eigenvalue weighted by Crippen LogP contribution is 2.24. The minimum Gasteiger partial charge on any atom is -0.365 e. The number of fused-ring (bicyclic) bond motifs is 1. The molecule has 4 heteroatoms. The van der Waals surface area contributed by atoms with Gasteiger partial charge in [-0.05, 0) is 18.9 Å². The van der Waals surface area contributed by atoms with Gasteiger partial charge in [0, 0.05) is 11.4 Å². The van der Waals surface area contributed by atoms with Gasteiger partial charge in [0.2, 0.25) is 0 Å². The van der Waals surface area contributed by atoms with E-state index in [4.69, 9.17) is 0 Å². The zero-order valence-corrected chi connectivity index (χ0v) is 9.57. The zero-order valence-electron chi connectivity index (χ0n) is 9.57. The van der Waals surface area contributed by atoms with Gasteiger partial charge in [0.05, 0.1) is 5.39 Å². The first-order valence-corrected chi connectivity index (χ1v) is 6.08. The van der Waals surface area contributed by atoms with E-state index in [1.165, 1.54) is 25.7 Å². The van der Waals surface area contributed by atoms with Crippen molar-refractivity contribution in [2.24, 2.45) is 0 Å². The SMILES string of the molecule is O=c1[nH]nc(NC2CCCC2)c2ccccc12. The maximum atomic E-state index is 11.6. The Balaban J connectivity index is 2.04. The first-order valence-electron chi connectivity index (χ1n) is 6.08. The summed E-state index contributed by atoms with van der Waals surface area (Å²) in [4.78, 5) is 11.6. The molecule has 0 spiro atoms. The molecule has 0 radical (unpaired) electrons. The molecule has 1 aliphatic carbocycles. The van der Waals surface area contributed by atoms with E-state index >= 15 is 0 Å². The molecule has 0 saturated heterocycles. The van der Waals surface area contributed by atoms with E-state index in [1.807, 2.05) is 24.3 Å². The van der Waals surface area contributed by atoms with Crippen molar-refractivity contribution in [1.29, 1.82) is 0 Å². The molecule has 0 atom stereocenters. The number of aromatic nitrogens is 2. The highest BCUT2D eigenvalue weighted by molar-refractivity contribution is 5.90. The number of nitrogens with one attached hydrogen (secondary N) is 2. The molecule has 0 aliphatic heterocycles. The highest BCUT2D eigenvalue weighted by atomic mass is 16.1. The first kappa shape index (κ1) is 10.3. The number of aromatic amines is 1. The van der Waals surface area contributed by atoms with Crippen molar-refractivity contribution in [2.75, 3.05) is 5.32 Å². The molecule has 88 valence electrons. The van der Waals surface area contributed by atoms with Crippen LogP contribution in [0.25, 0.3) is 10.8 Å². The van der Waals surface area contributed by atoms with Gasteiger partial charge in [-0.15, -0.1) is 0 Å². The van der Waals surface area contributed by atoms with Crippen LogP contribution in [-0.4, -0.2) is 16.2 Å². The van der Waals surface area contributed by atoms with Crippen LogP contribution >= 0.6 is 0 Å². The minimum atomic E-state index is -0.127. The molecular weight excluding hydrogens is 214 g/mol. The predicted molar refractivity (Wildman–Crippen MR) is 68.2 cm³/mol. The topological polar surface area (TPSA) is 57.8 Å². The van der Waals surface area contributed by atoms with Gasteiger partial charge < -0.3 is 5.32 Å². The summed E-state index contributed by atoms with van der Waals surface area (Å²) >= 11 is 0. The van der Waals surface area contributed by atoms with Gasteiger partial charge in [-0.3, -0.25) is 4.79 Å². The molecule has 1 aliphatic rings. The van der Waals surface area contributed by atoms with Gasteiger partial charge in [-0.25, -0.2) is 5.10 Å². The van der Waals surface area contributed by atoms with Crippen molar-refractivity contribution in [2.45, 2.75) is 31.7 Å². The average molecular weight is 229 g/mol. The Kier molecular flexibility index (Phi) is 2.55. The fraction of sp³-hybridized carbons (Fsp3) is 0.385. The third kappa shape index (κ3) is 1.90. The monoisotopic (exact) mass is 229 g/mol. The number of rotatable bonds is 2. The summed E-state index contributed by atoms with van der Waals surface area (Å²) in [6.45, 7) is 0. The normalized spacial score (nSPS) is 16.5. The van der Waals surface area contributed by atoms with Crippen molar-refractivity contribution in [3.05, 3.63) is 34.6 Å². The Morgan fingerprint density at radius 2 is 1.88 bits per heavy atom. The van der Waals surface area contributed by atoms with Gasteiger partial charge in [-0.2, -0.15) is 5.10 Å². The molecule has 1 saturated carbocycles. The van der Waals surface area contributed by atoms with E-state index in [-0.39, 0.29) is 5.56 Å². The first-order chi connectivity index (χ1) is 8.34. The van der Waals surface area contributed by atoms with Crippen LogP contribution in [0.4, 0.5) is 5.82 Å². The number of benzene rings is 1. The van der Waals surface area contributed by atoms with Gasteiger partial charge >= 0.3 is 0 Å². The summed E-state index contributed by atoms with van der Waals surface area (Å²) in [6.07, 6.45) is 4.93. The van der Waals surface area contributed by atoms with Gasteiger partial charge in [0.15, 0.2) is 5.82 Å². The van der Waals surface area contributed by atoms with Crippen molar-refractivity contribution in [1.82, 2.24) is 10.2 Å². The molecule has 0 unspecified atom stereocenters. The standard InChI is InChI=1S/C13H15N3O/c17-13-11-8-4-3-7-10(11)12(15-16-13)14-9-5-1-2-6-9/h3-4,7-9H,1-2,5-6H2,(H,14,15)(H,16,17). The third-order valence-electron chi connectivity index (χ3n) is 3.39. The Hall–Kier alpha value is -1.84. The van der Waals surface area contributed by atoms with E-state index in [0.717, 1.165) is 11.2 Å². The van der Waals surface area contributed by atoms with E-state index in [9.17, 15) is 4.79 Å². The number of hydrogen-bond donors (Lipinski definition) is 2. The predicted octanol–water partition coefficient (Wildman–Crippen LogP) is 2.28. The molecule has 17 heavy (non-hydrogen) atoms. The Labute approximate surface area is 99.1 Å². The molecule has 1 aromatic carbocycles. The molecule has 2 N–H and O–H groups in total. The molecule has 0 bridgehead atoms. The molecular formula is C13H15N3O. The second-order valence-corrected chi connectivity index (χ2v) is 4.57. The van der Waals surface area contributed by atoms with Gasteiger partial charge in [-0.1, -0.05) is 31.0 Å². The van der Waals surface area contributed by atoms with Crippen LogP contribution in [0, 0.1) is 0 Å². The second-order valence-electron chi connectivity index (χ2n) is 4.57. The molecule has 1 aromatic heterocycles. The van der Waals surface area contributed by atoms with Crippen molar-refractivity contribution >= 4 is 16.6 Å². The lowest BCUT2D eigenvalue weighted by Gasteiger charge is -2.13. The van der Waals surface area contributed by atoms with Crippen LogP contribution in [0.2, 0.25) is 0 Å². The van der Waals surface area contributed by atoms with Crippen LogP contribution in [0.1, 0.15) is 25.7 Å². The fourth-order valence-electron chi connectivity index (χ4n) is 2.49. The van der Waals surface area contributed by atoms with E-state index in [0.29, 0.717) is 11.4 Å². The molecule has 1 heterocycles. The average Bonchev–Trinajstić information content (AvgIpc) is 2.86.